The van der Waals surface area contributed by atoms with Crippen LogP contribution in [-0.2, 0) is 4.74 Å². The van der Waals surface area contributed by atoms with E-state index >= 15 is 0 Å². The van der Waals surface area contributed by atoms with Crippen LogP contribution in [0, 0.1) is 5.82 Å². The molecule has 1 aromatic carbocycles. The van der Waals surface area contributed by atoms with Gasteiger partial charge in [0.15, 0.2) is 0 Å². The van der Waals surface area contributed by atoms with E-state index in [1.165, 1.54) is 12.1 Å². The Morgan fingerprint density at radius 3 is 2.40 bits per heavy atom. The Morgan fingerprint density at radius 1 is 1.28 bits per heavy atom. The lowest BCUT2D eigenvalue weighted by atomic mass is 10.0. The number of hydrogen-bond acceptors (Lipinski definition) is 3. The van der Waals surface area contributed by atoms with Crippen molar-refractivity contribution in [3.8, 4) is 0 Å². The predicted molar refractivity (Wildman–Crippen MR) is 97.0 cm³/mol. The Balaban J connectivity index is 1.95. The van der Waals surface area contributed by atoms with E-state index in [1.807, 2.05) is 20.8 Å². The van der Waals surface area contributed by atoms with Gasteiger partial charge in [-0.25, -0.2) is 9.18 Å². The third kappa shape index (κ3) is 5.17. The van der Waals surface area contributed by atoms with E-state index in [9.17, 15) is 14.0 Å². The smallest absolute Gasteiger partial charge is 0.410 e. The van der Waals surface area contributed by atoms with Gasteiger partial charge in [-0.05, 0) is 51.8 Å². The topological polar surface area (TPSA) is 49.9 Å². The number of nitrogens with zero attached hydrogens (tertiary/aromatic N) is 2. The first-order chi connectivity index (χ1) is 11.6. The summed E-state index contributed by atoms with van der Waals surface area (Å²) < 4.78 is 20.0. The van der Waals surface area contributed by atoms with E-state index in [0.717, 1.165) is 0 Å². The second-order valence-electron chi connectivity index (χ2n) is 7.24. The molecule has 0 aliphatic carbocycles. The van der Waals surface area contributed by atoms with Crippen molar-refractivity contribution in [3.05, 3.63) is 34.1 Å². The van der Waals surface area contributed by atoms with Crippen molar-refractivity contribution in [2.75, 3.05) is 20.1 Å². The van der Waals surface area contributed by atoms with E-state index in [2.05, 4.69) is 15.9 Å². The molecule has 0 saturated carbocycles. The molecule has 25 heavy (non-hydrogen) atoms. The summed E-state index contributed by atoms with van der Waals surface area (Å²) in [6.45, 7) is 6.52. The number of halogens is 2. The molecular formula is C18H24BrFN2O3. The van der Waals surface area contributed by atoms with Gasteiger partial charge in [0.1, 0.15) is 11.4 Å². The zero-order chi connectivity index (χ0) is 18.8. The van der Waals surface area contributed by atoms with Crippen molar-refractivity contribution in [2.45, 2.75) is 45.3 Å². The summed E-state index contributed by atoms with van der Waals surface area (Å²) in [4.78, 5) is 27.9. The van der Waals surface area contributed by atoms with E-state index in [4.69, 9.17) is 4.74 Å². The van der Waals surface area contributed by atoms with Crippen LogP contribution >= 0.6 is 15.9 Å². The van der Waals surface area contributed by atoms with Crippen LogP contribution in [0.1, 0.15) is 44.0 Å². The van der Waals surface area contributed by atoms with Crippen molar-refractivity contribution in [3.63, 3.8) is 0 Å². The number of likely N-dealkylation sites (tertiary alicyclic amines) is 1. The maximum atomic E-state index is 14.0. The Labute approximate surface area is 156 Å². The quantitative estimate of drug-likeness (QED) is 0.732. The van der Waals surface area contributed by atoms with E-state index in [1.54, 1.807) is 22.9 Å². The van der Waals surface area contributed by atoms with Crippen LogP contribution in [0.25, 0.3) is 0 Å². The average Bonchev–Trinajstić information content (AvgIpc) is 2.52. The molecule has 0 N–H and O–H groups in total. The Bertz CT molecular complexity index is 652. The number of benzene rings is 1. The zero-order valence-corrected chi connectivity index (χ0v) is 16.6. The van der Waals surface area contributed by atoms with Gasteiger partial charge in [0.25, 0.3) is 5.91 Å². The molecule has 1 aromatic rings. The minimum atomic E-state index is -0.544. The van der Waals surface area contributed by atoms with Crippen molar-refractivity contribution in [1.29, 1.82) is 0 Å². The first kappa shape index (κ1) is 19.7. The molecule has 0 unspecified atom stereocenters. The van der Waals surface area contributed by atoms with Gasteiger partial charge < -0.3 is 14.5 Å². The Kier molecular flexibility index (Phi) is 6.08. The fourth-order valence-corrected chi connectivity index (χ4v) is 3.11. The van der Waals surface area contributed by atoms with E-state index in [0.29, 0.717) is 30.4 Å². The number of hydrogen-bond donors (Lipinski definition) is 0. The third-order valence-corrected chi connectivity index (χ3v) is 4.64. The van der Waals surface area contributed by atoms with Crippen molar-refractivity contribution < 1.29 is 18.7 Å². The van der Waals surface area contributed by atoms with Crippen LogP contribution in [0.4, 0.5) is 9.18 Å². The molecule has 0 spiro atoms. The number of carbonyl (C=O) groups excluding carboxylic acids is 2. The fourth-order valence-electron chi connectivity index (χ4n) is 2.78. The molecule has 1 aliphatic rings. The summed E-state index contributed by atoms with van der Waals surface area (Å²) in [5, 5.41) is 0. The number of piperidine rings is 1. The lowest BCUT2D eigenvalue weighted by molar-refractivity contribution is 0.0160. The number of rotatable bonds is 2. The van der Waals surface area contributed by atoms with Gasteiger partial charge in [0.05, 0.1) is 5.56 Å². The predicted octanol–water partition coefficient (Wildman–Crippen LogP) is 4.06. The first-order valence-corrected chi connectivity index (χ1v) is 9.08. The largest absolute Gasteiger partial charge is 0.444 e. The summed E-state index contributed by atoms with van der Waals surface area (Å²) in [7, 11) is 1.68. The highest BCUT2D eigenvalue weighted by atomic mass is 79.9. The fraction of sp³-hybridized carbons (Fsp3) is 0.556. The SMILES string of the molecule is CN(C(=O)c1ccc(Br)cc1F)C1CCN(C(=O)OC(C)(C)C)CC1. The highest BCUT2D eigenvalue weighted by Crippen LogP contribution is 2.22. The summed E-state index contributed by atoms with van der Waals surface area (Å²) in [6.07, 6.45) is 0.943. The summed E-state index contributed by atoms with van der Waals surface area (Å²) in [5.74, 6) is -0.891. The lowest BCUT2D eigenvalue weighted by Crippen LogP contribution is -2.48. The van der Waals surface area contributed by atoms with Crippen LogP contribution in [-0.4, -0.2) is 53.6 Å². The van der Waals surface area contributed by atoms with Crippen LogP contribution in [0.3, 0.4) is 0 Å². The second-order valence-corrected chi connectivity index (χ2v) is 8.15. The molecule has 5 nitrogen and oxygen atoms in total. The molecule has 138 valence electrons. The molecule has 2 rings (SSSR count). The highest BCUT2D eigenvalue weighted by Gasteiger charge is 2.30. The van der Waals surface area contributed by atoms with Gasteiger partial charge in [-0.2, -0.15) is 0 Å². The van der Waals surface area contributed by atoms with Crippen molar-refractivity contribution in [2.24, 2.45) is 0 Å². The molecule has 0 atom stereocenters. The minimum Gasteiger partial charge on any atom is -0.444 e. The lowest BCUT2D eigenvalue weighted by Gasteiger charge is -2.37. The normalized spacial score (nSPS) is 15.8. The van der Waals surface area contributed by atoms with Gasteiger partial charge in [-0.1, -0.05) is 15.9 Å². The molecule has 1 fully saturated rings. The molecule has 1 saturated heterocycles. The van der Waals surface area contributed by atoms with Crippen LogP contribution in [0.5, 0.6) is 0 Å². The van der Waals surface area contributed by atoms with Gasteiger partial charge in [-0.3, -0.25) is 4.79 Å². The van der Waals surface area contributed by atoms with E-state index < -0.39 is 11.4 Å². The molecule has 0 aromatic heterocycles. The molecule has 2 amide bonds. The van der Waals surface area contributed by atoms with E-state index in [-0.39, 0.29) is 23.6 Å². The van der Waals surface area contributed by atoms with Crippen molar-refractivity contribution in [1.82, 2.24) is 9.80 Å². The monoisotopic (exact) mass is 414 g/mol. The standard InChI is InChI=1S/C18H24BrFN2O3/c1-18(2,3)25-17(24)22-9-7-13(8-10-22)21(4)16(23)14-6-5-12(19)11-15(14)20/h5-6,11,13H,7-10H2,1-4H3. The second kappa shape index (κ2) is 7.72. The molecular weight excluding hydrogens is 391 g/mol. The summed E-state index contributed by atoms with van der Waals surface area (Å²) in [5.41, 5.74) is -0.472. The zero-order valence-electron chi connectivity index (χ0n) is 15.0. The molecule has 7 heteroatoms. The van der Waals surface area contributed by atoms with Gasteiger partial charge in [-0.15, -0.1) is 0 Å². The van der Waals surface area contributed by atoms with Crippen LogP contribution in [0.15, 0.2) is 22.7 Å². The van der Waals surface area contributed by atoms with Crippen LogP contribution < -0.4 is 0 Å². The molecule has 1 aliphatic heterocycles. The first-order valence-electron chi connectivity index (χ1n) is 8.28. The molecule has 0 bridgehead atoms. The van der Waals surface area contributed by atoms with Crippen molar-refractivity contribution >= 4 is 27.9 Å². The van der Waals surface area contributed by atoms with Gasteiger partial charge >= 0.3 is 6.09 Å². The maximum absolute atomic E-state index is 14.0. The summed E-state index contributed by atoms with van der Waals surface area (Å²) in [6, 6.07) is 4.38. The number of carbonyl (C=O) groups is 2. The Hall–Kier alpha value is -1.63. The van der Waals surface area contributed by atoms with Crippen LogP contribution in [0.2, 0.25) is 0 Å². The average molecular weight is 415 g/mol. The minimum absolute atomic E-state index is 0.0331. The molecule has 0 radical (unpaired) electrons. The molecule has 1 heterocycles. The number of ether oxygens (including phenoxy) is 1. The third-order valence-electron chi connectivity index (χ3n) is 4.15. The summed E-state index contributed by atoms with van der Waals surface area (Å²) >= 11 is 3.19. The number of amides is 2. The Morgan fingerprint density at radius 2 is 1.88 bits per heavy atom. The van der Waals surface area contributed by atoms with Gasteiger partial charge in [0, 0.05) is 30.7 Å². The maximum Gasteiger partial charge on any atom is 0.410 e. The van der Waals surface area contributed by atoms with Gasteiger partial charge in [0.2, 0.25) is 0 Å². The highest BCUT2D eigenvalue weighted by molar-refractivity contribution is 9.10.